The van der Waals surface area contributed by atoms with Gasteiger partial charge in [0, 0.05) is 25.3 Å². The van der Waals surface area contributed by atoms with Crippen LogP contribution in [0.3, 0.4) is 0 Å². The molecule has 0 aliphatic heterocycles. The van der Waals surface area contributed by atoms with Crippen molar-refractivity contribution >= 4 is 5.91 Å². The molecule has 0 bridgehead atoms. The summed E-state index contributed by atoms with van der Waals surface area (Å²) in [6, 6.07) is 7.76. The van der Waals surface area contributed by atoms with Crippen molar-refractivity contribution in [3.05, 3.63) is 35.4 Å². The highest BCUT2D eigenvalue weighted by Gasteiger charge is 2.04. The van der Waals surface area contributed by atoms with Crippen LogP contribution in [0.4, 0.5) is 0 Å². The van der Waals surface area contributed by atoms with Crippen LogP contribution in [0.15, 0.2) is 24.3 Å². The Bertz CT molecular complexity index is 371. The Hall–Kier alpha value is -1.35. The second-order valence-corrected chi connectivity index (χ2v) is 5.13. The topological polar surface area (TPSA) is 38.3 Å². The van der Waals surface area contributed by atoms with Gasteiger partial charge in [0.25, 0.3) is 5.91 Å². The molecule has 1 aromatic carbocycles. The minimum absolute atomic E-state index is 0.00786. The van der Waals surface area contributed by atoms with Gasteiger partial charge in [-0.2, -0.15) is 0 Å². The monoisotopic (exact) mass is 263 g/mol. The number of aryl methyl sites for hydroxylation is 1. The smallest absolute Gasteiger partial charge is 0.251 e. The molecule has 0 atom stereocenters. The van der Waals surface area contributed by atoms with E-state index in [0.29, 0.717) is 19.1 Å². The molecular weight excluding hydrogens is 238 g/mol. The Kier molecular flexibility index (Phi) is 7.19. The van der Waals surface area contributed by atoms with E-state index < -0.39 is 0 Å². The summed E-state index contributed by atoms with van der Waals surface area (Å²) in [4.78, 5) is 11.8. The molecule has 1 amide bonds. The predicted octanol–water partition coefficient (Wildman–Crippen LogP) is 3.04. The first-order valence-electron chi connectivity index (χ1n) is 7.08. The summed E-state index contributed by atoms with van der Waals surface area (Å²) in [5.41, 5.74) is 1.97. The fraction of sp³-hybridized carbons (Fsp3) is 0.562. The molecule has 0 unspecified atom stereocenters. The molecule has 0 aliphatic carbocycles. The number of hydrogen-bond donors (Lipinski definition) is 1. The van der Waals surface area contributed by atoms with Gasteiger partial charge in [-0.15, -0.1) is 0 Å². The molecule has 0 aromatic heterocycles. The molecule has 0 heterocycles. The number of carbonyl (C=O) groups is 1. The van der Waals surface area contributed by atoms with Crippen LogP contribution in [-0.2, 0) is 11.2 Å². The van der Waals surface area contributed by atoms with Crippen LogP contribution in [0.25, 0.3) is 0 Å². The first-order valence-corrected chi connectivity index (χ1v) is 7.08. The number of rotatable bonds is 8. The van der Waals surface area contributed by atoms with Crippen molar-refractivity contribution in [2.24, 2.45) is 5.92 Å². The number of amides is 1. The standard InChI is InChI=1S/C16H25NO2/c1-4-14-6-8-15(9-7-14)16(18)17-10-5-11-19-12-13(2)3/h6-9,13H,4-5,10-12H2,1-3H3,(H,17,18). The van der Waals surface area contributed by atoms with Gasteiger partial charge in [-0.3, -0.25) is 4.79 Å². The van der Waals surface area contributed by atoms with Gasteiger partial charge in [0.15, 0.2) is 0 Å². The molecule has 3 nitrogen and oxygen atoms in total. The van der Waals surface area contributed by atoms with E-state index in [2.05, 4.69) is 26.1 Å². The lowest BCUT2D eigenvalue weighted by molar-refractivity contribution is 0.0925. The summed E-state index contributed by atoms with van der Waals surface area (Å²) in [7, 11) is 0. The zero-order valence-corrected chi connectivity index (χ0v) is 12.2. The van der Waals surface area contributed by atoms with Gasteiger partial charge in [-0.1, -0.05) is 32.9 Å². The van der Waals surface area contributed by atoms with E-state index in [4.69, 9.17) is 4.74 Å². The molecule has 1 rings (SSSR count). The minimum Gasteiger partial charge on any atom is -0.381 e. The molecule has 1 aromatic rings. The second kappa shape index (κ2) is 8.70. The molecular formula is C16H25NO2. The largest absolute Gasteiger partial charge is 0.381 e. The summed E-state index contributed by atoms with van der Waals surface area (Å²) in [6.45, 7) is 8.50. The number of nitrogens with one attached hydrogen (secondary N) is 1. The number of ether oxygens (including phenoxy) is 1. The third-order valence-electron chi connectivity index (χ3n) is 2.83. The van der Waals surface area contributed by atoms with Crippen LogP contribution in [0.5, 0.6) is 0 Å². The van der Waals surface area contributed by atoms with Crippen LogP contribution < -0.4 is 5.32 Å². The van der Waals surface area contributed by atoms with Gasteiger partial charge in [0.2, 0.25) is 0 Å². The van der Waals surface area contributed by atoms with Gasteiger partial charge in [0.05, 0.1) is 0 Å². The lowest BCUT2D eigenvalue weighted by Gasteiger charge is -2.08. The van der Waals surface area contributed by atoms with Crippen LogP contribution in [0, 0.1) is 5.92 Å². The molecule has 19 heavy (non-hydrogen) atoms. The Labute approximate surface area is 116 Å². The summed E-state index contributed by atoms with van der Waals surface area (Å²) in [5, 5.41) is 2.91. The van der Waals surface area contributed by atoms with E-state index in [1.165, 1.54) is 5.56 Å². The molecule has 3 heteroatoms. The lowest BCUT2D eigenvalue weighted by atomic mass is 10.1. The Morgan fingerprint density at radius 1 is 1.26 bits per heavy atom. The maximum Gasteiger partial charge on any atom is 0.251 e. The Morgan fingerprint density at radius 2 is 1.95 bits per heavy atom. The van der Waals surface area contributed by atoms with E-state index >= 15 is 0 Å². The van der Waals surface area contributed by atoms with Gasteiger partial charge in [-0.05, 0) is 36.5 Å². The van der Waals surface area contributed by atoms with Crippen molar-refractivity contribution in [2.75, 3.05) is 19.8 Å². The number of hydrogen-bond acceptors (Lipinski definition) is 2. The van der Waals surface area contributed by atoms with Crippen LogP contribution in [0.1, 0.15) is 43.1 Å². The van der Waals surface area contributed by atoms with Gasteiger partial charge in [0.1, 0.15) is 0 Å². The molecule has 106 valence electrons. The van der Waals surface area contributed by atoms with Gasteiger partial charge < -0.3 is 10.1 Å². The third-order valence-corrected chi connectivity index (χ3v) is 2.83. The highest BCUT2D eigenvalue weighted by atomic mass is 16.5. The first kappa shape index (κ1) is 15.7. The molecule has 1 N–H and O–H groups in total. The molecule has 0 saturated carbocycles. The molecule has 0 spiro atoms. The van der Waals surface area contributed by atoms with Crippen molar-refractivity contribution in [1.82, 2.24) is 5.32 Å². The van der Waals surface area contributed by atoms with E-state index in [1.54, 1.807) is 0 Å². The summed E-state index contributed by atoms with van der Waals surface area (Å²) >= 11 is 0. The SMILES string of the molecule is CCc1ccc(C(=O)NCCCOCC(C)C)cc1. The molecule has 0 radical (unpaired) electrons. The Morgan fingerprint density at radius 3 is 2.53 bits per heavy atom. The predicted molar refractivity (Wildman–Crippen MR) is 78.4 cm³/mol. The van der Waals surface area contributed by atoms with Crippen molar-refractivity contribution in [1.29, 1.82) is 0 Å². The van der Waals surface area contributed by atoms with Crippen LogP contribution >= 0.6 is 0 Å². The Balaban J connectivity index is 2.20. The zero-order valence-electron chi connectivity index (χ0n) is 12.2. The molecule has 0 fully saturated rings. The van der Waals surface area contributed by atoms with E-state index in [-0.39, 0.29) is 5.91 Å². The van der Waals surface area contributed by atoms with Crippen molar-refractivity contribution in [3.63, 3.8) is 0 Å². The lowest BCUT2D eigenvalue weighted by Crippen LogP contribution is -2.25. The highest BCUT2D eigenvalue weighted by molar-refractivity contribution is 5.94. The van der Waals surface area contributed by atoms with Crippen LogP contribution in [-0.4, -0.2) is 25.7 Å². The maximum absolute atomic E-state index is 11.8. The van der Waals surface area contributed by atoms with Crippen molar-refractivity contribution in [2.45, 2.75) is 33.6 Å². The maximum atomic E-state index is 11.8. The quantitative estimate of drug-likeness (QED) is 0.732. The molecule has 0 saturated heterocycles. The highest BCUT2D eigenvalue weighted by Crippen LogP contribution is 2.04. The van der Waals surface area contributed by atoms with E-state index in [9.17, 15) is 4.79 Å². The average molecular weight is 263 g/mol. The fourth-order valence-corrected chi connectivity index (χ4v) is 1.69. The summed E-state index contributed by atoms with van der Waals surface area (Å²) < 4.78 is 5.46. The number of benzene rings is 1. The summed E-state index contributed by atoms with van der Waals surface area (Å²) in [5.74, 6) is 0.554. The molecule has 0 aliphatic rings. The van der Waals surface area contributed by atoms with Gasteiger partial charge in [-0.25, -0.2) is 0 Å². The number of carbonyl (C=O) groups excluding carboxylic acids is 1. The minimum atomic E-state index is -0.00786. The third kappa shape index (κ3) is 6.39. The second-order valence-electron chi connectivity index (χ2n) is 5.13. The fourth-order valence-electron chi connectivity index (χ4n) is 1.69. The zero-order chi connectivity index (χ0) is 14.1. The van der Waals surface area contributed by atoms with Crippen molar-refractivity contribution in [3.8, 4) is 0 Å². The van der Waals surface area contributed by atoms with E-state index in [0.717, 1.165) is 25.0 Å². The normalized spacial score (nSPS) is 10.7. The first-order chi connectivity index (χ1) is 9.13. The summed E-state index contributed by atoms with van der Waals surface area (Å²) in [6.07, 6.45) is 1.85. The average Bonchev–Trinajstić information content (AvgIpc) is 2.42. The van der Waals surface area contributed by atoms with Crippen LogP contribution in [0.2, 0.25) is 0 Å². The van der Waals surface area contributed by atoms with Crippen molar-refractivity contribution < 1.29 is 9.53 Å². The van der Waals surface area contributed by atoms with Gasteiger partial charge >= 0.3 is 0 Å². The van der Waals surface area contributed by atoms with E-state index in [1.807, 2.05) is 24.3 Å².